The Balaban J connectivity index is 3.17. The van der Waals surface area contributed by atoms with Crippen LogP contribution in [0.2, 0.25) is 0 Å². The first kappa shape index (κ1) is 11.2. The van der Waals surface area contributed by atoms with E-state index in [0.29, 0.717) is 6.42 Å². The van der Waals surface area contributed by atoms with Gasteiger partial charge in [-0.15, -0.1) is 0 Å². The molecule has 0 heterocycles. The van der Waals surface area contributed by atoms with E-state index in [0.717, 1.165) is 6.07 Å². The van der Waals surface area contributed by atoms with Crippen molar-refractivity contribution in [2.45, 2.75) is 30.4 Å². The highest BCUT2D eigenvalue weighted by molar-refractivity contribution is 7.92. The number of halogens is 1. The fourth-order valence-electron chi connectivity index (χ4n) is 1.10. The summed E-state index contributed by atoms with van der Waals surface area (Å²) in [5.74, 6) is -0.519. The number of benzene rings is 1. The lowest BCUT2D eigenvalue weighted by atomic mass is 10.3. The number of hydrogen-bond donors (Lipinski definition) is 0. The van der Waals surface area contributed by atoms with Crippen molar-refractivity contribution in [3.63, 3.8) is 0 Å². The zero-order valence-electron chi connectivity index (χ0n) is 8.20. The van der Waals surface area contributed by atoms with Gasteiger partial charge in [-0.25, -0.2) is 12.8 Å². The predicted molar refractivity (Wildman–Crippen MR) is 53.3 cm³/mol. The predicted octanol–water partition coefficient (Wildman–Crippen LogP) is 2.40. The minimum atomic E-state index is -3.35. The highest BCUT2D eigenvalue weighted by Gasteiger charge is 2.21. The van der Waals surface area contributed by atoms with Gasteiger partial charge >= 0.3 is 0 Å². The third kappa shape index (κ3) is 2.12. The lowest BCUT2D eigenvalue weighted by Gasteiger charge is -2.10. The van der Waals surface area contributed by atoms with E-state index in [-0.39, 0.29) is 4.90 Å². The second-order valence-corrected chi connectivity index (χ2v) is 5.59. The van der Waals surface area contributed by atoms with Gasteiger partial charge < -0.3 is 0 Å². The van der Waals surface area contributed by atoms with Crippen LogP contribution in [0.3, 0.4) is 0 Å². The molecular formula is C10H13FO2S. The molecule has 2 nitrogen and oxygen atoms in total. The Morgan fingerprint density at radius 1 is 1.43 bits per heavy atom. The normalized spacial score (nSPS) is 13.9. The van der Waals surface area contributed by atoms with Gasteiger partial charge in [0.25, 0.3) is 0 Å². The molecule has 1 aromatic rings. The Labute approximate surface area is 83.7 Å². The molecule has 0 N–H and O–H groups in total. The summed E-state index contributed by atoms with van der Waals surface area (Å²) in [7, 11) is -3.35. The monoisotopic (exact) mass is 216 g/mol. The molecule has 78 valence electrons. The maximum absolute atomic E-state index is 12.8. The van der Waals surface area contributed by atoms with Crippen LogP contribution in [0, 0.1) is 5.82 Å². The summed E-state index contributed by atoms with van der Waals surface area (Å²) >= 11 is 0. The van der Waals surface area contributed by atoms with Gasteiger partial charge in [0, 0.05) is 0 Å². The topological polar surface area (TPSA) is 34.1 Å². The molecule has 0 aromatic heterocycles. The zero-order valence-corrected chi connectivity index (χ0v) is 9.01. The van der Waals surface area contributed by atoms with E-state index < -0.39 is 20.9 Å². The minimum Gasteiger partial charge on any atom is -0.223 e. The lowest BCUT2D eigenvalue weighted by Crippen LogP contribution is -2.16. The number of rotatable bonds is 3. The van der Waals surface area contributed by atoms with Gasteiger partial charge in [0.2, 0.25) is 0 Å². The molecule has 1 aromatic carbocycles. The van der Waals surface area contributed by atoms with E-state index >= 15 is 0 Å². The molecule has 0 radical (unpaired) electrons. The van der Waals surface area contributed by atoms with Crippen LogP contribution in [0.4, 0.5) is 4.39 Å². The van der Waals surface area contributed by atoms with Crippen molar-refractivity contribution in [3.05, 3.63) is 30.1 Å². The van der Waals surface area contributed by atoms with Crippen molar-refractivity contribution < 1.29 is 12.8 Å². The van der Waals surface area contributed by atoms with Crippen LogP contribution in [0.1, 0.15) is 20.3 Å². The highest BCUT2D eigenvalue weighted by atomic mass is 32.2. The Hall–Kier alpha value is -0.900. The lowest BCUT2D eigenvalue weighted by molar-refractivity contribution is 0.577. The summed E-state index contributed by atoms with van der Waals surface area (Å²) in [5, 5.41) is -0.468. The number of hydrogen-bond acceptors (Lipinski definition) is 2. The van der Waals surface area contributed by atoms with E-state index in [4.69, 9.17) is 0 Å². The molecular weight excluding hydrogens is 203 g/mol. The summed E-state index contributed by atoms with van der Waals surface area (Å²) in [5.41, 5.74) is 0. The Morgan fingerprint density at radius 3 is 2.57 bits per heavy atom. The average molecular weight is 216 g/mol. The molecule has 0 aliphatic rings. The molecule has 0 aliphatic carbocycles. The maximum atomic E-state index is 12.8. The molecule has 0 aliphatic heterocycles. The van der Waals surface area contributed by atoms with Gasteiger partial charge in [-0.3, -0.25) is 0 Å². The standard InChI is InChI=1S/C10H13FO2S/c1-3-8(2)14(12,13)10-6-4-5-9(11)7-10/h4-8H,3H2,1-2H3. The van der Waals surface area contributed by atoms with E-state index in [2.05, 4.69) is 0 Å². The summed E-state index contributed by atoms with van der Waals surface area (Å²) in [6.07, 6.45) is 0.527. The Morgan fingerprint density at radius 2 is 2.07 bits per heavy atom. The highest BCUT2D eigenvalue weighted by Crippen LogP contribution is 2.18. The van der Waals surface area contributed by atoms with Crippen LogP contribution in [0.5, 0.6) is 0 Å². The van der Waals surface area contributed by atoms with Gasteiger partial charge in [0.15, 0.2) is 9.84 Å². The van der Waals surface area contributed by atoms with Crippen LogP contribution in [-0.4, -0.2) is 13.7 Å². The molecule has 0 saturated heterocycles. The molecule has 1 atom stereocenters. The second-order valence-electron chi connectivity index (χ2n) is 3.22. The summed E-state index contributed by atoms with van der Waals surface area (Å²) in [6, 6.07) is 5.12. The molecule has 0 saturated carbocycles. The van der Waals surface area contributed by atoms with Gasteiger partial charge in [0.1, 0.15) is 5.82 Å². The first-order valence-corrected chi connectivity index (χ1v) is 6.02. The van der Waals surface area contributed by atoms with E-state index in [1.54, 1.807) is 13.8 Å². The van der Waals surface area contributed by atoms with Gasteiger partial charge in [-0.05, 0) is 31.5 Å². The van der Waals surface area contributed by atoms with Crippen molar-refractivity contribution in [3.8, 4) is 0 Å². The molecule has 14 heavy (non-hydrogen) atoms. The smallest absolute Gasteiger partial charge is 0.181 e. The molecule has 1 rings (SSSR count). The fraction of sp³-hybridized carbons (Fsp3) is 0.400. The van der Waals surface area contributed by atoms with Crippen LogP contribution in [0.15, 0.2) is 29.2 Å². The number of sulfone groups is 1. The van der Waals surface area contributed by atoms with Crippen LogP contribution < -0.4 is 0 Å². The second kappa shape index (κ2) is 4.09. The minimum absolute atomic E-state index is 0.0619. The van der Waals surface area contributed by atoms with Gasteiger partial charge in [-0.1, -0.05) is 13.0 Å². The van der Waals surface area contributed by atoms with Crippen molar-refractivity contribution in [2.24, 2.45) is 0 Å². The largest absolute Gasteiger partial charge is 0.223 e. The van der Waals surface area contributed by atoms with E-state index in [1.807, 2.05) is 0 Å². The van der Waals surface area contributed by atoms with Crippen LogP contribution >= 0.6 is 0 Å². The quantitative estimate of drug-likeness (QED) is 0.777. The molecule has 1 unspecified atom stereocenters. The average Bonchev–Trinajstić information content (AvgIpc) is 2.16. The van der Waals surface area contributed by atoms with Crippen molar-refractivity contribution in [1.29, 1.82) is 0 Å². The zero-order chi connectivity index (χ0) is 10.8. The Kier molecular flexibility index (Phi) is 3.26. The summed E-state index contributed by atoms with van der Waals surface area (Å²) in [4.78, 5) is 0.0619. The first-order chi connectivity index (χ1) is 6.48. The molecule has 0 amide bonds. The van der Waals surface area contributed by atoms with Gasteiger partial charge in [0.05, 0.1) is 10.1 Å². The maximum Gasteiger partial charge on any atom is 0.181 e. The van der Waals surface area contributed by atoms with E-state index in [9.17, 15) is 12.8 Å². The third-order valence-corrected chi connectivity index (χ3v) is 4.53. The van der Waals surface area contributed by atoms with Crippen molar-refractivity contribution in [2.75, 3.05) is 0 Å². The van der Waals surface area contributed by atoms with E-state index in [1.165, 1.54) is 18.2 Å². The SMILES string of the molecule is CCC(C)S(=O)(=O)c1cccc(F)c1. The van der Waals surface area contributed by atoms with Crippen molar-refractivity contribution >= 4 is 9.84 Å². The van der Waals surface area contributed by atoms with Gasteiger partial charge in [-0.2, -0.15) is 0 Å². The molecule has 0 fully saturated rings. The van der Waals surface area contributed by atoms with Crippen molar-refractivity contribution in [1.82, 2.24) is 0 Å². The molecule has 0 bridgehead atoms. The van der Waals surface area contributed by atoms with Crippen LogP contribution in [-0.2, 0) is 9.84 Å². The first-order valence-electron chi connectivity index (χ1n) is 4.48. The summed E-state index contributed by atoms with van der Waals surface area (Å²) in [6.45, 7) is 3.42. The third-order valence-electron chi connectivity index (χ3n) is 2.23. The fourth-order valence-corrected chi connectivity index (χ4v) is 2.54. The van der Waals surface area contributed by atoms with Crippen LogP contribution in [0.25, 0.3) is 0 Å². The Bertz CT molecular complexity index is 412. The molecule has 4 heteroatoms. The summed E-state index contributed by atoms with van der Waals surface area (Å²) < 4.78 is 36.3. The molecule has 0 spiro atoms.